The second-order valence-corrected chi connectivity index (χ2v) is 3.74. The fourth-order valence-electron chi connectivity index (χ4n) is 1.52. The van der Waals surface area contributed by atoms with Crippen LogP contribution in [0.4, 0.5) is 0 Å². The summed E-state index contributed by atoms with van der Waals surface area (Å²) >= 11 is 0. The highest BCUT2D eigenvalue weighted by molar-refractivity contribution is 6.00. The molecule has 0 radical (unpaired) electrons. The van der Waals surface area contributed by atoms with Crippen LogP contribution in [-0.4, -0.2) is 23.6 Å². The second kappa shape index (κ2) is 5.61. The number of pyridine rings is 1. The molecule has 86 valence electrons. The molecule has 0 saturated carbocycles. The Hall–Kier alpha value is -1.42. The highest BCUT2D eigenvalue weighted by Gasteiger charge is 2.22. The molecular weight excluding hydrogens is 204 g/mol. The summed E-state index contributed by atoms with van der Waals surface area (Å²) < 4.78 is 5.54. The number of oxime groups is 1. The van der Waals surface area contributed by atoms with Gasteiger partial charge in [-0.25, -0.2) is 0 Å². The predicted molar refractivity (Wildman–Crippen MR) is 61.1 cm³/mol. The maximum absolute atomic E-state index is 5.54. The van der Waals surface area contributed by atoms with Crippen molar-refractivity contribution < 1.29 is 9.57 Å². The Morgan fingerprint density at radius 3 is 3.00 bits per heavy atom. The highest BCUT2D eigenvalue weighted by Crippen LogP contribution is 2.17. The van der Waals surface area contributed by atoms with Crippen molar-refractivity contribution >= 4 is 5.71 Å². The van der Waals surface area contributed by atoms with Crippen molar-refractivity contribution in [1.82, 2.24) is 4.98 Å². The minimum atomic E-state index is -0.213. The Balaban J connectivity index is 1.83. The summed E-state index contributed by atoms with van der Waals surface area (Å²) in [7, 11) is 0. The van der Waals surface area contributed by atoms with Crippen LogP contribution in [-0.2, 0) is 9.57 Å². The van der Waals surface area contributed by atoms with E-state index in [1.54, 1.807) is 12.4 Å². The van der Waals surface area contributed by atoms with E-state index < -0.39 is 0 Å². The van der Waals surface area contributed by atoms with E-state index in [1.807, 2.05) is 12.1 Å². The van der Waals surface area contributed by atoms with Crippen molar-refractivity contribution in [3.63, 3.8) is 0 Å². The molecule has 1 atom stereocenters. The summed E-state index contributed by atoms with van der Waals surface area (Å²) in [5.41, 5.74) is 1.99. The molecule has 1 aromatic heterocycles. The lowest BCUT2D eigenvalue weighted by molar-refractivity contribution is -0.124. The molecule has 0 aliphatic carbocycles. The fraction of sp³-hybridized carbons (Fsp3) is 0.500. The van der Waals surface area contributed by atoms with Crippen molar-refractivity contribution in [3.8, 4) is 0 Å². The number of unbranched alkanes of at least 4 members (excludes halogenated alkanes) is 1. The van der Waals surface area contributed by atoms with E-state index in [9.17, 15) is 0 Å². The molecule has 2 heterocycles. The van der Waals surface area contributed by atoms with Gasteiger partial charge in [0.15, 0.2) is 0 Å². The number of hydrogen-bond donors (Lipinski definition) is 0. The predicted octanol–water partition coefficient (Wildman–Crippen LogP) is 2.35. The topological polar surface area (TPSA) is 43.7 Å². The third-order valence-corrected chi connectivity index (χ3v) is 2.46. The second-order valence-electron chi connectivity index (χ2n) is 3.74. The van der Waals surface area contributed by atoms with Crippen LogP contribution in [0.3, 0.4) is 0 Å². The van der Waals surface area contributed by atoms with E-state index in [-0.39, 0.29) is 6.29 Å². The molecule has 4 heteroatoms. The van der Waals surface area contributed by atoms with Crippen LogP contribution in [0.5, 0.6) is 0 Å². The first-order chi connectivity index (χ1) is 7.90. The Labute approximate surface area is 95.3 Å². The maximum atomic E-state index is 5.54. The van der Waals surface area contributed by atoms with E-state index in [0.29, 0.717) is 6.42 Å². The maximum Gasteiger partial charge on any atom is 0.232 e. The smallest absolute Gasteiger partial charge is 0.232 e. The number of rotatable bonds is 5. The molecule has 4 nitrogen and oxygen atoms in total. The van der Waals surface area contributed by atoms with Crippen LogP contribution in [0.15, 0.2) is 29.7 Å². The molecule has 1 unspecified atom stereocenters. The Kier molecular flexibility index (Phi) is 3.88. The zero-order valence-electron chi connectivity index (χ0n) is 9.43. The summed E-state index contributed by atoms with van der Waals surface area (Å²) in [4.78, 5) is 9.18. The molecular formula is C12H16N2O2. The van der Waals surface area contributed by atoms with E-state index in [2.05, 4.69) is 17.1 Å². The van der Waals surface area contributed by atoms with Crippen molar-refractivity contribution in [2.45, 2.75) is 32.5 Å². The molecule has 0 bridgehead atoms. The minimum Gasteiger partial charge on any atom is -0.363 e. The van der Waals surface area contributed by atoms with Crippen molar-refractivity contribution in [2.75, 3.05) is 6.61 Å². The first-order valence-corrected chi connectivity index (χ1v) is 5.65. The summed E-state index contributed by atoms with van der Waals surface area (Å²) in [6.45, 7) is 2.87. The SMILES string of the molecule is CCCCOC1CC(c2ccncc2)=NO1. The van der Waals surface area contributed by atoms with E-state index in [1.165, 1.54) is 0 Å². The lowest BCUT2D eigenvalue weighted by atomic mass is 10.1. The van der Waals surface area contributed by atoms with Crippen molar-refractivity contribution in [2.24, 2.45) is 5.16 Å². The molecule has 1 aromatic rings. The molecule has 1 aliphatic rings. The number of nitrogens with zero attached hydrogens (tertiary/aromatic N) is 2. The third kappa shape index (κ3) is 2.79. The number of aromatic nitrogens is 1. The molecule has 0 aromatic carbocycles. The van der Waals surface area contributed by atoms with Crippen LogP contribution in [0.1, 0.15) is 31.7 Å². The highest BCUT2D eigenvalue weighted by atomic mass is 16.8. The zero-order chi connectivity index (χ0) is 11.2. The van der Waals surface area contributed by atoms with Gasteiger partial charge in [-0.05, 0) is 18.6 Å². The van der Waals surface area contributed by atoms with Gasteiger partial charge in [0.2, 0.25) is 6.29 Å². The number of hydrogen-bond acceptors (Lipinski definition) is 4. The monoisotopic (exact) mass is 220 g/mol. The van der Waals surface area contributed by atoms with Gasteiger partial charge in [0, 0.05) is 18.0 Å². The summed E-state index contributed by atoms with van der Waals surface area (Å²) in [6.07, 6.45) is 6.20. The van der Waals surface area contributed by atoms with Crippen LogP contribution in [0.2, 0.25) is 0 Å². The Morgan fingerprint density at radius 2 is 2.25 bits per heavy atom. The van der Waals surface area contributed by atoms with Gasteiger partial charge in [-0.1, -0.05) is 18.5 Å². The summed E-state index contributed by atoms with van der Waals surface area (Å²) in [6, 6.07) is 3.85. The first kappa shape index (κ1) is 11.1. The van der Waals surface area contributed by atoms with Gasteiger partial charge < -0.3 is 9.57 Å². The molecule has 1 aliphatic heterocycles. The van der Waals surface area contributed by atoms with Crippen LogP contribution >= 0.6 is 0 Å². The molecule has 16 heavy (non-hydrogen) atoms. The van der Waals surface area contributed by atoms with Gasteiger partial charge in [-0.2, -0.15) is 0 Å². The minimum absolute atomic E-state index is 0.213. The molecule has 0 N–H and O–H groups in total. The fourth-order valence-corrected chi connectivity index (χ4v) is 1.52. The molecule has 0 saturated heterocycles. The van der Waals surface area contributed by atoms with Gasteiger partial charge >= 0.3 is 0 Å². The van der Waals surface area contributed by atoms with Crippen LogP contribution in [0, 0.1) is 0 Å². The van der Waals surface area contributed by atoms with Crippen LogP contribution in [0.25, 0.3) is 0 Å². The molecule has 0 fully saturated rings. The molecule has 2 rings (SSSR count). The number of ether oxygens (including phenoxy) is 1. The largest absolute Gasteiger partial charge is 0.363 e. The van der Waals surface area contributed by atoms with E-state index in [0.717, 1.165) is 30.7 Å². The van der Waals surface area contributed by atoms with Gasteiger partial charge in [0.1, 0.15) is 0 Å². The average molecular weight is 220 g/mol. The summed E-state index contributed by atoms with van der Waals surface area (Å²) in [5, 5.41) is 4.03. The standard InChI is InChI=1S/C12H16N2O2/c1-2-3-8-15-12-9-11(14-16-12)10-4-6-13-7-5-10/h4-7,12H,2-3,8-9H2,1H3. The normalized spacial score (nSPS) is 19.3. The lowest BCUT2D eigenvalue weighted by Gasteiger charge is -2.08. The van der Waals surface area contributed by atoms with Crippen molar-refractivity contribution in [1.29, 1.82) is 0 Å². The zero-order valence-corrected chi connectivity index (χ0v) is 9.43. The lowest BCUT2D eigenvalue weighted by Crippen LogP contribution is -2.13. The first-order valence-electron chi connectivity index (χ1n) is 5.65. The van der Waals surface area contributed by atoms with E-state index >= 15 is 0 Å². The quantitative estimate of drug-likeness (QED) is 0.715. The summed E-state index contributed by atoms with van der Waals surface area (Å²) in [5.74, 6) is 0. The van der Waals surface area contributed by atoms with Gasteiger partial charge in [0.05, 0.1) is 18.7 Å². The van der Waals surface area contributed by atoms with Crippen LogP contribution < -0.4 is 0 Å². The van der Waals surface area contributed by atoms with Gasteiger partial charge in [-0.3, -0.25) is 4.98 Å². The van der Waals surface area contributed by atoms with E-state index in [4.69, 9.17) is 9.57 Å². The Morgan fingerprint density at radius 1 is 1.44 bits per heavy atom. The molecule has 0 spiro atoms. The average Bonchev–Trinajstić information content (AvgIpc) is 2.79. The van der Waals surface area contributed by atoms with Gasteiger partial charge in [0.25, 0.3) is 0 Å². The Bertz CT molecular complexity index is 351. The third-order valence-electron chi connectivity index (χ3n) is 2.46. The molecule has 0 amide bonds. The van der Waals surface area contributed by atoms with Gasteiger partial charge in [-0.15, -0.1) is 0 Å². The van der Waals surface area contributed by atoms with Crippen molar-refractivity contribution in [3.05, 3.63) is 30.1 Å².